The van der Waals surface area contributed by atoms with Crippen LogP contribution in [0.4, 0.5) is 4.39 Å². The van der Waals surface area contributed by atoms with Gasteiger partial charge >= 0.3 is 0 Å². The molecule has 3 atom stereocenters. The Morgan fingerprint density at radius 3 is 3.00 bits per heavy atom. The van der Waals surface area contributed by atoms with Gasteiger partial charge < -0.3 is 15.0 Å². The first-order valence-electron chi connectivity index (χ1n) is 6.98. The van der Waals surface area contributed by atoms with Crippen molar-refractivity contribution in [1.82, 2.24) is 10.2 Å². The van der Waals surface area contributed by atoms with Crippen LogP contribution in [-0.4, -0.2) is 43.1 Å². The first kappa shape index (κ1) is 13.4. The van der Waals surface area contributed by atoms with Crippen molar-refractivity contribution in [2.45, 2.75) is 25.4 Å². The summed E-state index contributed by atoms with van der Waals surface area (Å²) in [6.07, 6.45) is 1.03. The molecule has 20 heavy (non-hydrogen) atoms. The molecule has 3 unspecified atom stereocenters. The minimum atomic E-state index is -0.445. The number of likely N-dealkylation sites (tertiary alicyclic amines) is 1. The summed E-state index contributed by atoms with van der Waals surface area (Å²) in [5, 5.41) is 3.33. The van der Waals surface area contributed by atoms with Crippen LogP contribution >= 0.6 is 0 Å². The van der Waals surface area contributed by atoms with Crippen LogP contribution < -0.4 is 10.1 Å². The highest BCUT2D eigenvalue weighted by Crippen LogP contribution is 2.33. The van der Waals surface area contributed by atoms with Crippen molar-refractivity contribution in [3.63, 3.8) is 0 Å². The summed E-state index contributed by atoms with van der Waals surface area (Å²) in [7, 11) is 1.40. The van der Waals surface area contributed by atoms with Crippen molar-refractivity contribution in [2.24, 2.45) is 5.92 Å². The van der Waals surface area contributed by atoms with E-state index in [0.29, 0.717) is 11.5 Å². The summed E-state index contributed by atoms with van der Waals surface area (Å²) < 4.78 is 18.4. The molecule has 0 aliphatic carbocycles. The standard InChI is InChI=1S/C15H19FN2O2/c1-9-5-11-7-17-8-13(11)18(9)15(19)10-3-4-12(16)14(6-10)20-2/h3-4,6,9,11,13,17H,5,7-8H2,1-2H3. The van der Waals surface area contributed by atoms with E-state index >= 15 is 0 Å². The zero-order valence-corrected chi connectivity index (χ0v) is 11.7. The molecule has 0 radical (unpaired) electrons. The molecule has 0 bridgehead atoms. The Hall–Kier alpha value is -1.62. The van der Waals surface area contributed by atoms with Gasteiger partial charge in [-0.3, -0.25) is 4.79 Å². The second-order valence-electron chi connectivity index (χ2n) is 5.63. The maximum absolute atomic E-state index is 13.4. The van der Waals surface area contributed by atoms with Crippen LogP contribution in [0, 0.1) is 11.7 Å². The van der Waals surface area contributed by atoms with Crippen molar-refractivity contribution in [3.05, 3.63) is 29.6 Å². The SMILES string of the molecule is COc1cc(C(=O)N2C(C)CC3CNCC32)ccc1F. The molecule has 0 spiro atoms. The second-order valence-corrected chi connectivity index (χ2v) is 5.63. The molecule has 1 aromatic carbocycles. The Kier molecular flexibility index (Phi) is 3.38. The Bertz CT molecular complexity index is 535. The summed E-state index contributed by atoms with van der Waals surface area (Å²) in [5.41, 5.74) is 0.489. The first-order chi connectivity index (χ1) is 9.61. The Morgan fingerprint density at radius 1 is 1.45 bits per heavy atom. The number of hydrogen-bond donors (Lipinski definition) is 1. The summed E-state index contributed by atoms with van der Waals surface area (Å²) in [6.45, 7) is 3.90. The summed E-state index contributed by atoms with van der Waals surface area (Å²) in [6, 6.07) is 4.80. The third-order valence-electron chi connectivity index (χ3n) is 4.41. The first-order valence-corrected chi connectivity index (χ1v) is 6.98. The van der Waals surface area contributed by atoms with Crippen LogP contribution in [0.5, 0.6) is 5.75 Å². The van der Waals surface area contributed by atoms with Gasteiger partial charge in [-0.15, -0.1) is 0 Å². The van der Waals surface area contributed by atoms with Crippen molar-refractivity contribution < 1.29 is 13.9 Å². The van der Waals surface area contributed by atoms with E-state index in [4.69, 9.17) is 4.74 Å². The molecule has 1 aromatic rings. The summed E-state index contributed by atoms with van der Waals surface area (Å²) in [5.74, 6) is 0.172. The van der Waals surface area contributed by atoms with Crippen LogP contribution in [0.2, 0.25) is 0 Å². The van der Waals surface area contributed by atoms with Gasteiger partial charge in [-0.1, -0.05) is 0 Å². The zero-order valence-electron chi connectivity index (χ0n) is 11.7. The molecule has 2 saturated heterocycles. The minimum absolute atomic E-state index is 0.0352. The molecular weight excluding hydrogens is 259 g/mol. The predicted molar refractivity (Wildman–Crippen MR) is 73.3 cm³/mol. The van der Waals surface area contributed by atoms with Crippen LogP contribution in [0.25, 0.3) is 0 Å². The van der Waals surface area contributed by atoms with Gasteiger partial charge in [-0.05, 0) is 37.5 Å². The summed E-state index contributed by atoms with van der Waals surface area (Å²) >= 11 is 0. The molecule has 108 valence electrons. The van der Waals surface area contributed by atoms with E-state index in [0.717, 1.165) is 19.5 Å². The van der Waals surface area contributed by atoms with E-state index in [2.05, 4.69) is 12.2 Å². The third kappa shape index (κ3) is 2.06. The highest BCUT2D eigenvalue weighted by atomic mass is 19.1. The van der Waals surface area contributed by atoms with E-state index in [1.54, 1.807) is 0 Å². The van der Waals surface area contributed by atoms with Crippen LogP contribution in [-0.2, 0) is 0 Å². The fourth-order valence-corrected chi connectivity index (χ4v) is 3.46. The van der Waals surface area contributed by atoms with Crippen molar-refractivity contribution in [2.75, 3.05) is 20.2 Å². The average Bonchev–Trinajstić information content (AvgIpc) is 2.98. The molecule has 4 nitrogen and oxygen atoms in total. The van der Waals surface area contributed by atoms with Crippen molar-refractivity contribution in [3.8, 4) is 5.75 Å². The van der Waals surface area contributed by atoms with Gasteiger partial charge in [0.1, 0.15) is 0 Å². The van der Waals surface area contributed by atoms with Crippen LogP contribution in [0.15, 0.2) is 18.2 Å². The Labute approximate surface area is 117 Å². The van der Waals surface area contributed by atoms with Gasteiger partial charge in [0.2, 0.25) is 0 Å². The van der Waals surface area contributed by atoms with E-state index in [9.17, 15) is 9.18 Å². The fraction of sp³-hybridized carbons (Fsp3) is 0.533. The number of benzene rings is 1. The van der Waals surface area contributed by atoms with Crippen LogP contribution in [0.1, 0.15) is 23.7 Å². The lowest BCUT2D eigenvalue weighted by Gasteiger charge is -2.27. The lowest BCUT2D eigenvalue weighted by atomic mass is 10.0. The summed E-state index contributed by atoms with van der Waals surface area (Å²) in [4.78, 5) is 14.6. The maximum atomic E-state index is 13.4. The normalized spacial score (nSPS) is 28.6. The quantitative estimate of drug-likeness (QED) is 0.894. The topological polar surface area (TPSA) is 41.6 Å². The van der Waals surface area contributed by atoms with Gasteiger partial charge in [-0.2, -0.15) is 0 Å². The molecular formula is C15H19FN2O2. The average molecular weight is 278 g/mol. The lowest BCUT2D eigenvalue weighted by Crippen LogP contribution is -2.42. The van der Waals surface area contributed by atoms with E-state index < -0.39 is 5.82 Å². The van der Waals surface area contributed by atoms with Crippen molar-refractivity contribution in [1.29, 1.82) is 0 Å². The zero-order chi connectivity index (χ0) is 14.3. The monoisotopic (exact) mass is 278 g/mol. The number of hydrogen-bond acceptors (Lipinski definition) is 3. The smallest absolute Gasteiger partial charge is 0.254 e. The predicted octanol–water partition coefficient (Wildman–Crippen LogP) is 1.66. The molecule has 1 amide bonds. The van der Waals surface area contributed by atoms with E-state index in [1.807, 2.05) is 4.90 Å². The third-order valence-corrected chi connectivity index (χ3v) is 4.41. The number of rotatable bonds is 2. The van der Waals surface area contributed by atoms with Gasteiger partial charge in [0, 0.05) is 30.7 Å². The number of fused-ring (bicyclic) bond motifs is 1. The molecule has 2 aliphatic rings. The number of carbonyl (C=O) groups excluding carboxylic acids is 1. The number of carbonyl (C=O) groups is 1. The molecule has 2 aliphatic heterocycles. The fourth-order valence-electron chi connectivity index (χ4n) is 3.46. The molecule has 5 heteroatoms. The lowest BCUT2D eigenvalue weighted by molar-refractivity contribution is 0.0681. The highest BCUT2D eigenvalue weighted by molar-refractivity contribution is 5.95. The molecule has 1 N–H and O–H groups in total. The Morgan fingerprint density at radius 2 is 2.25 bits per heavy atom. The van der Waals surface area contributed by atoms with Crippen LogP contribution in [0.3, 0.4) is 0 Å². The maximum Gasteiger partial charge on any atom is 0.254 e. The second kappa shape index (κ2) is 5.05. The van der Waals surface area contributed by atoms with E-state index in [-0.39, 0.29) is 23.7 Å². The highest BCUT2D eigenvalue weighted by Gasteiger charge is 2.44. The number of methoxy groups -OCH3 is 1. The van der Waals surface area contributed by atoms with Gasteiger partial charge in [0.15, 0.2) is 11.6 Å². The molecule has 0 saturated carbocycles. The number of amides is 1. The molecule has 2 heterocycles. The van der Waals surface area contributed by atoms with Gasteiger partial charge in [-0.25, -0.2) is 4.39 Å². The molecule has 3 rings (SSSR count). The van der Waals surface area contributed by atoms with E-state index in [1.165, 1.54) is 25.3 Å². The molecule has 0 aromatic heterocycles. The number of halogens is 1. The minimum Gasteiger partial charge on any atom is -0.494 e. The number of ether oxygens (including phenoxy) is 1. The molecule has 2 fully saturated rings. The largest absolute Gasteiger partial charge is 0.494 e. The number of nitrogens with one attached hydrogen (secondary N) is 1. The van der Waals surface area contributed by atoms with Gasteiger partial charge in [0.25, 0.3) is 5.91 Å². The Balaban J connectivity index is 1.88. The van der Waals surface area contributed by atoms with Gasteiger partial charge in [0.05, 0.1) is 7.11 Å². The van der Waals surface area contributed by atoms with Crippen molar-refractivity contribution >= 4 is 5.91 Å². The number of nitrogens with zero attached hydrogens (tertiary/aromatic N) is 1.